The van der Waals surface area contributed by atoms with Gasteiger partial charge in [-0.1, -0.05) is 5.16 Å². The van der Waals surface area contributed by atoms with Crippen LogP contribution in [-0.4, -0.2) is 42.6 Å². The van der Waals surface area contributed by atoms with Crippen molar-refractivity contribution in [2.24, 2.45) is 0 Å². The zero-order valence-corrected chi connectivity index (χ0v) is 20.3. The van der Waals surface area contributed by atoms with E-state index in [-0.39, 0.29) is 22.7 Å². The number of nitrogens with zero attached hydrogens (tertiary/aromatic N) is 3. The van der Waals surface area contributed by atoms with Gasteiger partial charge in [0.2, 0.25) is 0 Å². The summed E-state index contributed by atoms with van der Waals surface area (Å²) in [5.74, 6) is -0.191. The molecule has 4 rings (SSSR count). The van der Waals surface area contributed by atoms with Crippen molar-refractivity contribution in [2.75, 3.05) is 7.11 Å². The molecule has 0 unspecified atom stereocenters. The maximum atomic E-state index is 13.0. The number of ether oxygens (including phenoxy) is 1. The molecule has 3 aromatic rings. The molecule has 0 aliphatic heterocycles. The molecule has 34 heavy (non-hydrogen) atoms. The number of amides is 1. The number of benzene rings is 1. The predicted molar refractivity (Wildman–Crippen MR) is 124 cm³/mol. The first-order valence-electron chi connectivity index (χ1n) is 11.2. The molecule has 2 aromatic heterocycles. The van der Waals surface area contributed by atoms with Crippen molar-refractivity contribution in [3.63, 3.8) is 0 Å². The minimum atomic E-state index is -3.75. The highest BCUT2D eigenvalue weighted by molar-refractivity contribution is 7.90. The molecule has 1 saturated carbocycles. The van der Waals surface area contributed by atoms with Gasteiger partial charge in [-0.25, -0.2) is 8.42 Å². The number of carbonyl (C=O) groups excluding carboxylic acids is 1. The van der Waals surface area contributed by atoms with Gasteiger partial charge in [0.1, 0.15) is 11.5 Å². The Morgan fingerprint density at radius 2 is 1.76 bits per heavy atom. The molecular formula is C24H28N4O5S. The number of rotatable bonds is 7. The van der Waals surface area contributed by atoms with Crippen LogP contribution in [0.2, 0.25) is 0 Å². The summed E-state index contributed by atoms with van der Waals surface area (Å²) in [4.78, 5) is 20.9. The number of nitrogens with one attached hydrogen (secondary N) is 1. The molecule has 1 aromatic carbocycles. The first-order chi connectivity index (χ1) is 16.3. The number of pyridine rings is 1. The van der Waals surface area contributed by atoms with Gasteiger partial charge in [0, 0.05) is 18.4 Å². The Hall–Kier alpha value is -3.27. The number of hydrogen-bond acceptors (Lipinski definition) is 8. The third-order valence-electron chi connectivity index (χ3n) is 6.20. The van der Waals surface area contributed by atoms with Crippen LogP contribution in [0.15, 0.2) is 46.1 Å². The molecule has 9 nitrogen and oxygen atoms in total. The molecule has 0 saturated heterocycles. The summed E-state index contributed by atoms with van der Waals surface area (Å²) in [6.45, 7) is 3.42. The van der Waals surface area contributed by atoms with E-state index in [1.807, 2.05) is 12.1 Å². The number of sulfone groups is 1. The Morgan fingerprint density at radius 1 is 1.12 bits per heavy atom. The zero-order chi connectivity index (χ0) is 24.3. The molecule has 1 N–H and O–H groups in total. The summed E-state index contributed by atoms with van der Waals surface area (Å²) in [5, 5.41) is 6.66. The third kappa shape index (κ3) is 5.27. The molecule has 1 amide bonds. The molecule has 1 fully saturated rings. The van der Waals surface area contributed by atoms with Crippen molar-refractivity contribution < 1.29 is 22.5 Å². The Kier molecular flexibility index (Phi) is 6.97. The van der Waals surface area contributed by atoms with Crippen LogP contribution in [-0.2, 0) is 15.6 Å². The van der Waals surface area contributed by atoms with Crippen LogP contribution in [0.4, 0.5) is 0 Å². The number of aromatic nitrogens is 3. The molecule has 1 aliphatic rings. The van der Waals surface area contributed by atoms with Gasteiger partial charge in [-0.15, -0.1) is 0 Å². The van der Waals surface area contributed by atoms with Crippen molar-refractivity contribution in [3.05, 3.63) is 65.1 Å². The molecule has 10 heteroatoms. The van der Waals surface area contributed by atoms with Crippen molar-refractivity contribution in [3.8, 4) is 5.75 Å². The van der Waals surface area contributed by atoms with Gasteiger partial charge in [0.15, 0.2) is 15.7 Å². The third-order valence-corrected chi connectivity index (χ3v) is 8.11. The minimum absolute atomic E-state index is 0.00858. The van der Waals surface area contributed by atoms with Crippen LogP contribution in [0.3, 0.4) is 0 Å². The fourth-order valence-corrected chi connectivity index (χ4v) is 6.32. The molecule has 0 atom stereocenters. The van der Waals surface area contributed by atoms with E-state index in [0.29, 0.717) is 22.8 Å². The van der Waals surface area contributed by atoms with E-state index in [4.69, 9.17) is 9.26 Å². The smallest absolute Gasteiger partial charge is 0.315 e. The second kappa shape index (κ2) is 9.92. The van der Waals surface area contributed by atoms with Crippen molar-refractivity contribution in [1.29, 1.82) is 0 Å². The van der Waals surface area contributed by atoms with Crippen molar-refractivity contribution in [1.82, 2.24) is 20.4 Å². The lowest BCUT2D eigenvalue weighted by Gasteiger charge is -2.28. The van der Waals surface area contributed by atoms with Crippen LogP contribution < -0.4 is 10.1 Å². The first-order valence-corrected chi connectivity index (χ1v) is 12.8. The van der Waals surface area contributed by atoms with Gasteiger partial charge < -0.3 is 14.6 Å². The molecule has 1 aliphatic carbocycles. The van der Waals surface area contributed by atoms with Crippen LogP contribution in [0.1, 0.15) is 64.8 Å². The van der Waals surface area contributed by atoms with E-state index in [0.717, 1.165) is 25.7 Å². The van der Waals surface area contributed by atoms with Crippen LogP contribution in [0.5, 0.6) is 5.75 Å². The molecule has 180 valence electrons. The fourth-order valence-electron chi connectivity index (χ4n) is 4.62. The molecule has 2 heterocycles. The van der Waals surface area contributed by atoms with Crippen LogP contribution in [0.25, 0.3) is 0 Å². The molecule has 0 bridgehead atoms. The van der Waals surface area contributed by atoms with Crippen LogP contribution in [0, 0.1) is 13.8 Å². The lowest BCUT2D eigenvalue weighted by Crippen LogP contribution is -2.37. The Labute approximate surface area is 198 Å². The van der Waals surface area contributed by atoms with Gasteiger partial charge in [0.05, 0.1) is 12.0 Å². The largest absolute Gasteiger partial charge is 0.497 e. The number of methoxy groups -OCH3 is 1. The number of carbonyl (C=O) groups is 1. The number of hydrogen-bond donors (Lipinski definition) is 1. The van der Waals surface area contributed by atoms with Gasteiger partial charge in [-0.3, -0.25) is 9.78 Å². The van der Waals surface area contributed by atoms with E-state index < -0.39 is 21.5 Å². The summed E-state index contributed by atoms with van der Waals surface area (Å²) in [5.41, 5.74) is 2.41. The van der Waals surface area contributed by atoms with E-state index >= 15 is 0 Å². The average molecular weight is 485 g/mol. The second-order valence-electron chi connectivity index (χ2n) is 8.67. The van der Waals surface area contributed by atoms with E-state index in [9.17, 15) is 13.2 Å². The van der Waals surface area contributed by atoms with E-state index in [1.165, 1.54) is 12.7 Å². The topological polar surface area (TPSA) is 124 Å². The second-order valence-corrected chi connectivity index (χ2v) is 10.6. The first kappa shape index (κ1) is 23.9. The monoisotopic (exact) mass is 484 g/mol. The maximum Gasteiger partial charge on any atom is 0.315 e. The van der Waals surface area contributed by atoms with E-state index in [1.54, 1.807) is 38.4 Å². The van der Waals surface area contributed by atoms with Gasteiger partial charge in [-0.2, -0.15) is 4.98 Å². The van der Waals surface area contributed by atoms with Gasteiger partial charge in [-0.05, 0) is 86.4 Å². The van der Waals surface area contributed by atoms with Gasteiger partial charge >= 0.3 is 11.8 Å². The normalized spacial score (nSPS) is 18.4. The highest BCUT2D eigenvalue weighted by Gasteiger charge is 2.28. The zero-order valence-electron chi connectivity index (χ0n) is 19.4. The maximum absolute atomic E-state index is 13.0. The fraction of sp³-hybridized carbons (Fsp3) is 0.417. The molecule has 0 spiro atoms. The number of aryl methyl sites for hydroxylation is 2. The average Bonchev–Trinajstić information content (AvgIpc) is 3.27. The SMILES string of the molecule is COc1cc(C)c(S(=O)(=O)Cc2noc(C(=O)NC3CCC(c4ccncc4)CC3)n2)c(C)c1. The van der Waals surface area contributed by atoms with Crippen molar-refractivity contribution >= 4 is 15.7 Å². The Morgan fingerprint density at radius 3 is 2.38 bits per heavy atom. The lowest BCUT2D eigenvalue weighted by atomic mass is 9.82. The summed E-state index contributed by atoms with van der Waals surface area (Å²) in [6.07, 6.45) is 7.20. The lowest BCUT2D eigenvalue weighted by molar-refractivity contribution is 0.0881. The standard InChI is InChI=1S/C24H28N4O5S/c1-15-12-20(32-3)13-16(2)22(15)34(30,31)14-21-27-24(33-28-21)23(29)26-19-6-4-17(5-7-19)18-8-10-25-11-9-18/h8-13,17,19H,4-7,14H2,1-3H3,(H,26,29). The van der Waals surface area contributed by atoms with Crippen molar-refractivity contribution in [2.45, 2.75) is 62.1 Å². The summed E-state index contributed by atoms with van der Waals surface area (Å²) in [7, 11) is -2.22. The van der Waals surface area contributed by atoms with Gasteiger partial charge in [0.25, 0.3) is 0 Å². The minimum Gasteiger partial charge on any atom is -0.497 e. The summed E-state index contributed by atoms with van der Waals surface area (Å²) < 4.78 is 36.3. The molecular weight excluding hydrogens is 456 g/mol. The summed E-state index contributed by atoms with van der Waals surface area (Å²) in [6, 6.07) is 7.41. The van der Waals surface area contributed by atoms with E-state index in [2.05, 4.69) is 20.4 Å². The Balaban J connectivity index is 1.37. The summed E-state index contributed by atoms with van der Waals surface area (Å²) >= 11 is 0. The quantitative estimate of drug-likeness (QED) is 0.540. The van der Waals surface area contributed by atoms with Crippen LogP contribution >= 0.6 is 0 Å². The highest BCUT2D eigenvalue weighted by atomic mass is 32.2. The molecule has 0 radical (unpaired) electrons. The Bertz CT molecular complexity index is 1240. The highest BCUT2D eigenvalue weighted by Crippen LogP contribution is 2.32. The predicted octanol–water partition coefficient (Wildman–Crippen LogP) is 3.52.